The van der Waals surface area contributed by atoms with Gasteiger partial charge in [-0.3, -0.25) is 14.4 Å². The molecular weight excluding hydrogens is 372 g/mol. The van der Waals surface area contributed by atoms with E-state index in [0.717, 1.165) is 0 Å². The molecule has 6 nitrogen and oxygen atoms in total. The van der Waals surface area contributed by atoms with E-state index >= 15 is 0 Å². The first kappa shape index (κ1) is 20.7. The third-order valence-corrected chi connectivity index (χ3v) is 8.41. The number of fused-ring (bicyclic) bond motifs is 1. The fraction of sp³-hybridized carbons (Fsp3) is 0.783. The summed E-state index contributed by atoms with van der Waals surface area (Å²) in [5, 5.41) is 0. The van der Waals surface area contributed by atoms with Gasteiger partial charge >= 0.3 is 5.97 Å². The third-order valence-electron chi connectivity index (χ3n) is 8.41. The van der Waals surface area contributed by atoms with Crippen molar-refractivity contribution < 1.29 is 28.6 Å². The summed E-state index contributed by atoms with van der Waals surface area (Å²) in [5.41, 5.74) is -1.38. The van der Waals surface area contributed by atoms with Crippen molar-refractivity contribution in [2.24, 2.45) is 22.7 Å². The average molecular weight is 405 g/mol. The number of esters is 1. The first-order valence-electron chi connectivity index (χ1n) is 10.6. The Morgan fingerprint density at radius 2 is 1.86 bits per heavy atom. The highest BCUT2D eigenvalue weighted by molar-refractivity contribution is 6.08. The molecule has 0 amide bonds. The van der Waals surface area contributed by atoms with Crippen molar-refractivity contribution >= 4 is 17.5 Å². The molecule has 4 fully saturated rings. The molecule has 6 heteroatoms. The lowest BCUT2D eigenvalue weighted by Crippen LogP contribution is -2.56. The van der Waals surface area contributed by atoms with Crippen molar-refractivity contribution in [3.63, 3.8) is 0 Å². The third kappa shape index (κ3) is 2.71. The van der Waals surface area contributed by atoms with E-state index in [2.05, 4.69) is 20.4 Å². The summed E-state index contributed by atoms with van der Waals surface area (Å²) in [7, 11) is 1.60. The molecule has 160 valence electrons. The van der Waals surface area contributed by atoms with Crippen molar-refractivity contribution in [1.29, 1.82) is 0 Å². The Hall–Kier alpha value is -1.53. The minimum absolute atomic E-state index is 0.0689. The van der Waals surface area contributed by atoms with E-state index in [1.54, 1.807) is 7.11 Å². The lowest BCUT2D eigenvalue weighted by atomic mass is 9.51. The molecule has 4 aliphatic rings. The smallest absolute Gasteiger partial charge is 0.302 e. The molecule has 0 N–H and O–H groups in total. The van der Waals surface area contributed by atoms with Gasteiger partial charge in [0.15, 0.2) is 11.4 Å². The summed E-state index contributed by atoms with van der Waals surface area (Å²) in [4.78, 5) is 38.3. The van der Waals surface area contributed by atoms with Crippen LogP contribution in [0.3, 0.4) is 0 Å². The van der Waals surface area contributed by atoms with E-state index in [1.807, 2.05) is 6.92 Å². The van der Waals surface area contributed by atoms with Gasteiger partial charge in [0, 0.05) is 37.2 Å². The molecule has 7 atom stereocenters. The molecule has 3 aliphatic carbocycles. The van der Waals surface area contributed by atoms with Crippen molar-refractivity contribution in [1.82, 2.24) is 0 Å². The number of carbonyl (C=O) groups excluding carboxylic acids is 3. The van der Waals surface area contributed by atoms with Gasteiger partial charge in [0.1, 0.15) is 18.0 Å². The van der Waals surface area contributed by atoms with E-state index in [1.165, 1.54) is 6.92 Å². The molecule has 0 spiro atoms. The molecule has 0 unspecified atom stereocenters. The van der Waals surface area contributed by atoms with Crippen LogP contribution in [-0.2, 0) is 28.6 Å². The van der Waals surface area contributed by atoms with Crippen molar-refractivity contribution in [2.75, 3.05) is 7.11 Å². The first-order chi connectivity index (χ1) is 13.5. The highest BCUT2D eigenvalue weighted by Crippen LogP contribution is 2.62. The average Bonchev–Trinajstić information content (AvgIpc) is 3.34. The van der Waals surface area contributed by atoms with Gasteiger partial charge in [-0.1, -0.05) is 27.4 Å². The van der Waals surface area contributed by atoms with Gasteiger partial charge in [0.05, 0.1) is 6.10 Å². The highest BCUT2D eigenvalue weighted by Gasteiger charge is 2.76. The van der Waals surface area contributed by atoms with Crippen LogP contribution in [0.1, 0.15) is 59.8 Å². The van der Waals surface area contributed by atoms with Crippen LogP contribution in [0, 0.1) is 22.7 Å². The van der Waals surface area contributed by atoms with Crippen molar-refractivity contribution in [3.05, 3.63) is 12.2 Å². The lowest BCUT2D eigenvalue weighted by Gasteiger charge is -2.54. The maximum Gasteiger partial charge on any atom is 0.302 e. The van der Waals surface area contributed by atoms with Crippen LogP contribution >= 0.6 is 0 Å². The Morgan fingerprint density at radius 3 is 2.48 bits per heavy atom. The Bertz CT molecular complexity index is 784. The van der Waals surface area contributed by atoms with Crippen LogP contribution in [0.15, 0.2) is 12.2 Å². The van der Waals surface area contributed by atoms with Crippen molar-refractivity contribution in [3.8, 4) is 0 Å². The highest BCUT2D eigenvalue weighted by atomic mass is 16.6. The number of ether oxygens (including phenoxy) is 3. The zero-order chi connectivity index (χ0) is 21.4. The fourth-order valence-corrected chi connectivity index (χ4v) is 6.64. The Labute approximate surface area is 172 Å². The van der Waals surface area contributed by atoms with E-state index in [9.17, 15) is 14.4 Å². The lowest BCUT2D eigenvalue weighted by molar-refractivity contribution is -0.175. The van der Waals surface area contributed by atoms with Gasteiger partial charge in [-0.15, -0.1) is 0 Å². The minimum Gasteiger partial charge on any atom is -0.462 e. The van der Waals surface area contributed by atoms with Gasteiger partial charge in [-0.25, -0.2) is 0 Å². The fourth-order valence-electron chi connectivity index (χ4n) is 6.64. The Kier molecular flexibility index (Phi) is 4.63. The largest absolute Gasteiger partial charge is 0.462 e. The second-order valence-corrected chi connectivity index (χ2v) is 10.1. The molecule has 4 rings (SSSR count). The summed E-state index contributed by atoms with van der Waals surface area (Å²) in [6, 6.07) is 0. The van der Waals surface area contributed by atoms with Gasteiger partial charge in [-0.2, -0.15) is 0 Å². The van der Waals surface area contributed by atoms with E-state index in [-0.39, 0.29) is 41.6 Å². The molecule has 0 aromatic carbocycles. The molecule has 0 aromatic rings. The molecule has 3 saturated carbocycles. The van der Waals surface area contributed by atoms with Crippen molar-refractivity contribution in [2.45, 2.75) is 83.7 Å². The predicted molar refractivity (Wildman–Crippen MR) is 105 cm³/mol. The van der Waals surface area contributed by atoms with Gasteiger partial charge in [-0.05, 0) is 37.2 Å². The quantitative estimate of drug-likeness (QED) is 0.400. The van der Waals surface area contributed by atoms with E-state index in [4.69, 9.17) is 14.2 Å². The number of Topliss-reactive ketones (excluding diaryl/α,β-unsaturated/α-hetero) is 2. The number of hydrogen-bond acceptors (Lipinski definition) is 6. The molecule has 29 heavy (non-hydrogen) atoms. The summed E-state index contributed by atoms with van der Waals surface area (Å²) in [6.07, 6.45) is 1.85. The Morgan fingerprint density at radius 1 is 1.17 bits per heavy atom. The maximum atomic E-state index is 13.5. The molecule has 1 heterocycles. The van der Waals surface area contributed by atoms with Crippen LogP contribution in [0.2, 0.25) is 0 Å². The van der Waals surface area contributed by atoms with Crippen LogP contribution in [0.5, 0.6) is 0 Å². The second-order valence-electron chi connectivity index (χ2n) is 10.1. The summed E-state index contributed by atoms with van der Waals surface area (Å²) in [6.45, 7) is 11.6. The molecule has 1 saturated heterocycles. The number of epoxide rings is 1. The maximum absolute atomic E-state index is 13.5. The zero-order valence-corrected chi connectivity index (χ0v) is 18.1. The molecule has 2 bridgehead atoms. The number of methoxy groups -OCH3 is 1. The number of rotatable bonds is 2. The monoisotopic (exact) mass is 404 g/mol. The number of hydrogen-bond donors (Lipinski definition) is 0. The molecular formula is C23H32O6. The van der Waals surface area contributed by atoms with Gasteiger partial charge in [0.2, 0.25) is 0 Å². The summed E-state index contributed by atoms with van der Waals surface area (Å²) in [5.74, 6) is -0.374. The van der Waals surface area contributed by atoms with Crippen LogP contribution < -0.4 is 0 Å². The standard InChI is InChI=1S/C23H32O6/c1-12-14-7-8-16(25)22(5)10-9-17(28-13(2)24)21(3,4)15(22)11-18(27-6)23(19(12)26)20(14)29-23/h14-15,17-18,20H,1,7-11H2,2-6H3/t14-,15+,17-,18+,20+,22-,23-/m0/s1. The van der Waals surface area contributed by atoms with Gasteiger partial charge < -0.3 is 14.2 Å². The Balaban J connectivity index is 1.77. The number of carbonyl (C=O) groups is 3. The topological polar surface area (TPSA) is 82.2 Å². The molecule has 0 radical (unpaired) electrons. The SMILES string of the molecule is C=C1C(=O)[C@]23O[C@@H]2[C@H]1CCC(=O)[C@@]1(C)CC[C@H](OC(C)=O)C(C)(C)[C@H]1C[C@H]3OC. The van der Waals surface area contributed by atoms with Crippen LogP contribution in [0.25, 0.3) is 0 Å². The predicted octanol–water partition coefficient (Wildman–Crippen LogP) is 3.02. The molecule has 1 aliphatic heterocycles. The van der Waals surface area contributed by atoms with E-state index < -0.39 is 22.5 Å². The first-order valence-corrected chi connectivity index (χ1v) is 10.6. The van der Waals surface area contributed by atoms with Crippen LogP contribution in [-0.4, -0.2) is 48.6 Å². The van der Waals surface area contributed by atoms with E-state index in [0.29, 0.717) is 37.7 Å². The normalized spacial score (nSPS) is 46.0. The zero-order valence-electron chi connectivity index (χ0n) is 18.1. The molecule has 0 aromatic heterocycles. The van der Waals surface area contributed by atoms with Gasteiger partial charge in [0.25, 0.3) is 0 Å². The second kappa shape index (κ2) is 6.48. The minimum atomic E-state index is -0.956. The van der Waals surface area contributed by atoms with Crippen LogP contribution in [0.4, 0.5) is 0 Å². The number of ketones is 2. The summed E-state index contributed by atoms with van der Waals surface area (Å²) >= 11 is 0. The summed E-state index contributed by atoms with van der Waals surface area (Å²) < 4.78 is 17.5.